The molecule has 6 heteroatoms. The van der Waals surface area contributed by atoms with Gasteiger partial charge in [-0.15, -0.1) is 0 Å². The molecule has 1 heterocycles. The largest absolute Gasteiger partial charge is 0.497 e. The number of aryl methyl sites for hydroxylation is 1. The quantitative estimate of drug-likeness (QED) is 0.727. The fraction of sp³-hybridized carbons (Fsp3) is 0.222. The predicted molar refractivity (Wildman–Crippen MR) is 93.6 cm³/mol. The lowest BCUT2D eigenvalue weighted by atomic mass is 10.3. The highest BCUT2D eigenvalue weighted by atomic mass is 16.5. The van der Waals surface area contributed by atoms with Gasteiger partial charge >= 0.3 is 6.03 Å². The first-order valence-electron chi connectivity index (χ1n) is 7.79. The van der Waals surface area contributed by atoms with Gasteiger partial charge in [-0.05, 0) is 30.7 Å². The minimum atomic E-state index is -0.337. The van der Waals surface area contributed by atoms with Crippen molar-refractivity contribution >= 4 is 28.5 Å². The van der Waals surface area contributed by atoms with Gasteiger partial charge in [-0.1, -0.05) is 13.0 Å². The number of methoxy groups -OCH3 is 1. The number of urea groups is 1. The van der Waals surface area contributed by atoms with Crippen molar-refractivity contribution in [3.8, 4) is 5.75 Å². The molecular weight excluding hydrogens is 306 g/mol. The molecule has 2 aromatic carbocycles. The number of anilines is 2. The topological polar surface area (TPSA) is 76.4 Å². The second-order valence-corrected chi connectivity index (χ2v) is 5.35. The molecule has 24 heavy (non-hydrogen) atoms. The summed E-state index contributed by atoms with van der Waals surface area (Å²) >= 11 is 0. The predicted octanol–water partition coefficient (Wildman–Crippen LogP) is 4.43. The Labute approximate surface area is 139 Å². The van der Waals surface area contributed by atoms with E-state index >= 15 is 0 Å². The molecule has 0 bridgehead atoms. The van der Waals surface area contributed by atoms with Crippen molar-refractivity contribution < 1.29 is 13.9 Å². The molecule has 6 nitrogen and oxygen atoms in total. The van der Waals surface area contributed by atoms with E-state index in [4.69, 9.17) is 9.15 Å². The van der Waals surface area contributed by atoms with E-state index in [-0.39, 0.29) is 6.03 Å². The highest BCUT2D eigenvalue weighted by Gasteiger charge is 2.08. The molecule has 0 aliphatic rings. The van der Waals surface area contributed by atoms with Gasteiger partial charge in [0.25, 0.3) is 0 Å². The van der Waals surface area contributed by atoms with Crippen molar-refractivity contribution in [3.63, 3.8) is 0 Å². The molecule has 0 unspecified atom stereocenters. The Balaban J connectivity index is 1.70. The van der Waals surface area contributed by atoms with E-state index in [0.29, 0.717) is 28.6 Å². The van der Waals surface area contributed by atoms with E-state index in [1.807, 2.05) is 18.2 Å². The fourth-order valence-electron chi connectivity index (χ4n) is 2.37. The SMILES string of the molecule is CCCc1nc2ccc(NC(=O)Nc3cccc(OC)c3)cc2o1. The summed E-state index contributed by atoms with van der Waals surface area (Å²) in [5, 5.41) is 5.55. The first-order valence-corrected chi connectivity index (χ1v) is 7.79. The lowest BCUT2D eigenvalue weighted by Crippen LogP contribution is -2.19. The molecule has 0 atom stereocenters. The standard InChI is InChI=1S/C18H19N3O3/c1-3-5-17-21-15-9-8-13(11-16(15)24-17)20-18(22)19-12-6-4-7-14(10-12)23-2/h4,6-11H,3,5H2,1-2H3,(H2,19,20,22). The number of carbonyl (C=O) groups is 1. The van der Waals surface area contributed by atoms with Gasteiger partial charge in [-0.25, -0.2) is 9.78 Å². The van der Waals surface area contributed by atoms with Gasteiger partial charge in [0.1, 0.15) is 11.3 Å². The van der Waals surface area contributed by atoms with E-state index in [2.05, 4.69) is 22.5 Å². The van der Waals surface area contributed by atoms with Gasteiger partial charge in [-0.3, -0.25) is 0 Å². The van der Waals surface area contributed by atoms with Crippen LogP contribution >= 0.6 is 0 Å². The minimum absolute atomic E-state index is 0.337. The molecule has 0 radical (unpaired) electrons. The Morgan fingerprint density at radius 1 is 1.17 bits per heavy atom. The van der Waals surface area contributed by atoms with E-state index in [0.717, 1.165) is 18.4 Å². The molecule has 0 saturated heterocycles. The van der Waals surface area contributed by atoms with Crippen LogP contribution < -0.4 is 15.4 Å². The maximum atomic E-state index is 12.1. The molecule has 0 saturated carbocycles. The number of nitrogens with one attached hydrogen (secondary N) is 2. The normalized spacial score (nSPS) is 10.6. The molecular formula is C18H19N3O3. The maximum absolute atomic E-state index is 12.1. The summed E-state index contributed by atoms with van der Waals surface area (Å²) in [6.45, 7) is 2.07. The number of carbonyl (C=O) groups excluding carboxylic acids is 1. The van der Waals surface area contributed by atoms with Crippen LogP contribution in [0.5, 0.6) is 5.75 Å². The van der Waals surface area contributed by atoms with E-state index in [9.17, 15) is 4.79 Å². The Hall–Kier alpha value is -3.02. The van der Waals surface area contributed by atoms with Gasteiger partial charge in [0.15, 0.2) is 11.5 Å². The summed E-state index contributed by atoms with van der Waals surface area (Å²) in [5.74, 6) is 1.39. The van der Waals surface area contributed by atoms with Gasteiger partial charge in [0.05, 0.1) is 7.11 Å². The Morgan fingerprint density at radius 2 is 1.96 bits per heavy atom. The molecule has 0 aliphatic carbocycles. The highest BCUT2D eigenvalue weighted by Crippen LogP contribution is 2.21. The number of rotatable bonds is 5. The third kappa shape index (κ3) is 3.65. The molecule has 0 fully saturated rings. The summed E-state index contributed by atoms with van der Waals surface area (Å²) in [4.78, 5) is 16.5. The number of hydrogen-bond donors (Lipinski definition) is 2. The lowest BCUT2D eigenvalue weighted by molar-refractivity contribution is 0.262. The van der Waals surface area contributed by atoms with Gasteiger partial charge in [0, 0.05) is 29.9 Å². The summed E-state index contributed by atoms with van der Waals surface area (Å²) in [6, 6.07) is 12.2. The molecule has 2 N–H and O–H groups in total. The van der Waals surface area contributed by atoms with Crippen LogP contribution in [0.3, 0.4) is 0 Å². The summed E-state index contributed by atoms with van der Waals surface area (Å²) in [7, 11) is 1.58. The number of amides is 2. The van der Waals surface area contributed by atoms with Crippen LogP contribution in [0.4, 0.5) is 16.2 Å². The second-order valence-electron chi connectivity index (χ2n) is 5.35. The van der Waals surface area contributed by atoms with Crippen molar-refractivity contribution in [2.75, 3.05) is 17.7 Å². The molecule has 0 spiro atoms. The van der Waals surface area contributed by atoms with Crippen LogP contribution in [0, 0.1) is 0 Å². The Morgan fingerprint density at radius 3 is 2.71 bits per heavy atom. The number of hydrogen-bond acceptors (Lipinski definition) is 4. The number of nitrogens with zero attached hydrogens (tertiary/aromatic N) is 1. The number of benzene rings is 2. The first kappa shape index (κ1) is 15.9. The number of oxazole rings is 1. The molecule has 1 aromatic heterocycles. The van der Waals surface area contributed by atoms with E-state index < -0.39 is 0 Å². The smallest absolute Gasteiger partial charge is 0.323 e. The molecule has 124 valence electrons. The summed E-state index contributed by atoms with van der Waals surface area (Å²) in [6.07, 6.45) is 1.77. The van der Waals surface area contributed by atoms with Crippen LogP contribution in [0.15, 0.2) is 46.9 Å². The minimum Gasteiger partial charge on any atom is -0.497 e. The summed E-state index contributed by atoms with van der Waals surface area (Å²) in [5.41, 5.74) is 2.75. The van der Waals surface area contributed by atoms with Gasteiger partial charge in [0.2, 0.25) is 0 Å². The van der Waals surface area contributed by atoms with Crippen LogP contribution in [0.1, 0.15) is 19.2 Å². The Kier molecular flexibility index (Phi) is 4.65. The van der Waals surface area contributed by atoms with Crippen LogP contribution in [0.25, 0.3) is 11.1 Å². The zero-order valence-electron chi connectivity index (χ0n) is 13.6. The third-order valence-corrected chi connectivity index (χ3v) is 3.48. The van der Waals surface area contributed by atoms with Crippen molar-refractivity contribution in [3.05, 3.63) is 48.4 Å². The zero-order valence-corrected chi connectivity index (χ0v) is 13.6. The Bertz CT molecular complexity index is 858. The average Bonchev–Trinajstić information content (AvgIpc) is 2.97. The zero-order chi connectivity index (χ0) is 16.9. The number of ether oxygens (including phenoxy) is 1. The van der Waals surface area contributed by atoms with Gasteiger partial charge in [-0.2, -0.15) is 0 Å². The van der Waals surface area contributed by atoms with Crippen LogP contribution in [-0.4, -0.2) is 18.1 Å². The molecule has 3 rings (SSSR count). The van der Waals surface area contributed by atoms with Crippen LogP contribution in [0.2, 0.25) is 0 Å². The number of aromatic nitrogens is 1. The van der Waals surface area contributed by atoms with E-state index in [1.165, 1.54) is 0 Å². The monoisotopic (exact) mass is 325 g/mol. The summed E-state index contributed by atoms with van der Waals surface area (Å²) < 4.78 is 10.8. The second kappa shape index (κ2) is 7.04. The highest BCUT2D eigenvalue weighted by molar-refractivity contribution is 6.00. The molecule has 0 aliphatic heterocycles. The van der Waals surface area contributed by atoms with Gasteiger partial charge < -0.3 is 19.8 Å². The third-order valence-electron chi connectivity index (χ3n) is 3.48. The first-order chi connectivity index (χ1) is 11.7. The average molecular weight is 325 g/mol. The maximum Gasteiger partial charge on any atom is 0.323 e. The molecule has 3 aromatic rings. The lowest BCUT2D eigenvalue weighted by Gasteiger charge is -2.08. The van der Waals surface area contributed by atoms with Crippen molar-refractivity contribution in [1.82, 2.24) is 4.98 Å². The van der Waals surface area contributed by atoms with Crippen molar-refractivity contribution in [2.24, 2.45) is 0 Å². The van der Waals surface area contributed by atoms with Crippen molar-refractivity contribution in [1.29, 1.82) is 0 Å². The molecule has 2 amide bonds. The number of fused-ring (bicyclic) bond motifs is 1. The van der Waals surface area contributed by atoms with Crippen LogP contribution in [-0.2, 0) is 6.42 Å². The fourth-order valence-corrected chi connectivity index (χ4v) is 2.37. The van der Waals surface area contributed by atoms with Crippen molar-refractivity contribution in [2.45, 2.75) is 19.8 Å². The van der Waals surface area contributed by atoms with E-state index in [1.54, 1.807) is 31.4 Å².